The lowest BCUT2D eigenvalue weighted by atomic mass is 10.2. The SMILES string of the molecule is C=CC(/C=C\C)=C(/C=C\C)OC(C)=O. The van der Waals surface area contributed by atoms with Gasteiger partial charge in [0.2, 0.25) is 0 Å². The van der Waals surface area contributed by atoms with Crippen LogP contribution in [-0.4, -0.2) is 5.97 Å². The fourth-order valence-electron chi connectivity index (χ4n) is 0.926. The fourth-order valence-corrected chi connectivity index (χ4v) is 0.926. The summed E-state index contributed by atoms with van der Waals surface area (Å²) in [5.41, 5.74) is 0.792. The monoisotopic (exact) mass is 192 g/mol. The number of hydrogen-bond donors (Lipinski definition) is 0. The van der Waals surface area contributed by atoms with E-state index < -0.39 is 0 Å². The summed E-state index contributed by atoms with van der Waals surface area (Å²) in [5, 5.41) is 0. The Morgan fingerprint density at radius 3 is 2.14 bits per heavy atom. The zero-order valence-electron chi connectivity index (χ0n) is 8.91. The third kappa shape index (κ3) is 4.45. The van der Waals surface area contributed by atoms with E-state index in [4.69, 9.17) is 4.74 Å². The molecule has 0 spiro atoms. The first-order valence-corrected chi connectivity index (χ1v) is 4.46. The minimum absolute atomic E-state index is 0.332. The molecule has 0 aliphatic heterocycles. The highest BCUT2D eigenvalue weighted by atomic mass is 16.5. The molecule has 0 aliphatic carbocycles. The maximum absolute atomic E-state index is 10.8. The Morgan fingerprint density at radius 1 is 1.21 bits per heavy atom. The molecule has 76 valence electrons. The molecular formula is C12H16O2. The Bertz CT molecular complexity index is 293. The number of ether oxygens (including phenoxy) is 1. The van der Waals surface area contributed by atoms with Gasteiger partial charge in [0, 0.05) is 12.5 Å². The van der Waals surface area contributed by atoms with Crippen molar-refractivity contribution in [3.8, 4) is 0 Å². The van der Waals surface area contributed by atoms with Crippen LogP contribution >= 0.6 is 0 Å². The van der Waals surface area contributed by atoms with Gasteiger partial charge in [0.05, 0.1) is 0 Å². The summed E-state index contributed by atoms with van der Waals surface area (Å²) in [5.74, 6) is 0.190. The fraction of sp³-hybridized carbons (Fsp3) is 0.250. The van der Waals surface area contributed by atoms with Gasteiger partial charge >= 0.3 is 5.97 Å². The molecule has 0 saturated heterocycles. The predicted molar refractivity (Wildman–Crippen MR) is 58.6 cm³/mol. The standard InChI is InChI=1S/C12H16O2/c1-5-8-11(7-3)12(9-6-2)14-10(4)13/h5-9H,3H2,1-2,4H3/b8-5-,9-6-,12-11+. The minimum atomic E-state index is -0.332. The van der Waals surface area contributed by atoms with Crippen molar-refractivity contribution >= 4 is 5.97 Å². The van der Waals surface area contributed by atoms with Gasteiger partial charge in [-0.1, -0.05) is 30.9 Å². The molecule has 0 heterocycles. The van der Waals surface area contributed by atoms with Crippen molar-refractivity contribution in [1.29, 1.82) is 0 Å². The van der Waals surface area contributed by atoms with Gasteiger partial charge < -0.3 is 4.74 Å². The summed E-state index contributed by atoms with van der Waals surface area (Å²) < 4.78 is 5.03. The zero-order valence-corrected chi connectivity index (χ0v) is 8.91. The van der Waals surface area contributed by atoms with Gasteiger partial charge in [-0.05, 0) is 19.9 Å². The maximum Gasteiger partial charge on any atom is 0.308 e. The van der Waals surface area contributed by atoms with Crippen molar-refractivity contribution in [2.75, 3.05) is 0 Å². The second kappa shape index (κ2) is 6.89. The molecule has 0 radical (unpaired) electrons. The van der Waals surface area contributed by atoms with E-state index in [1.165, 1.54) is 6.92 Å². The first kappa shape index (κ1) is 12.4. The number of hydrogen-bond acceptors (Lipinski definition) is 2. The molecule has 0 bridgehead atoms. The first-order valence-electron chi connectivity index (χ1n) is 4.46. The van der Waals surface area contributed by atoms with Gasteiger partial charge in [-0.25, -0.2) is 0 Å². The molecule has 2 heteroatoms. The molecule has 0 aliphatic rings. The summed E-state index contributed by atoms with van der Waals surface area (Å²) in [6.07, 6.45) is 8.90. The van der Waals surface area contributed by atoms with E-state index >= 15 is 0 Å². The molecule has 0 aromatic carbocycles. The van der Waals surface area contributed by atoms with Crippen molar-refractivity contribution in [3.63, 3.8) is 0 Å². The molecule has 0 fully saturated rings. The third-order valence-corrected chi connectivity index (χ3v) is 1.42. The number of esters is 1. The normalized spacial score (nSPS) is 13.1. The van der Waals surface area contributed by atoms with E-state index in [2.05, 4.69) is 6.58 Å². The van der Waals surface area contributed by atoms with E-state index in [9.17, 15) is 4.79 Å². The van der Waals surface area contributed by atoms with Crippen LogP contribution in [0.4, 0.5) is 0 Å². The van der Waals surface area contributed by atoms with Crippen LogP contribution in [0.5, 0.6) is 0 Å². The average molecular weight is 192 g/mol. The lowest BCUT2D eigenvalue weighted by molar-refractivity contribution is -0.136. The van der Waals surface area contributed by atoms with E-state index in [-0.39, 0.29) is 5.97 Å². The lowest BCUT2D eigenvalue weighted by Crippen LogP contribution is -1.99. The van der Waals surface area contributed by atoms with Crippen LogP contribution in [0.1, 0.15) is 20.8 Å². The van der Waals surface area contributed by atoms with Crippen molar-refractivity contribution in [2.45, 2.75) is 20.8 Å². The molecule has 0 saturated carbocycles. The molecule has 0 amide bonds. The van der Waals surface area contributed by atoms with Crippen molar-refractivity contribution in [2.24, 2.45) is 0 Å². The predicted octanol–water partition coefficient (Wildman–Crippen LogP) is 3.14. The minimum Gasteiger partial charge on any atom is -0.426 e. The smallest absolute Gasteiger partial charge is 0.308 e. The van der Waals surface area contributed by atoms with Crippen LogP contribution in [0, 0.1) is 0 Å². The Balaban J connectivity index is 5.07. The quantitative estimate of drug-likeness (QED) is 0.388. The van der Waals surface area contributed by atoms with Gasteiger partial charge in [-0.15, -0.1) is 0 Å². The maximum atomic E-state index is 10.8. The molecule has 0 atom stereocenters. The van der Waals surface area contributed by atoms with E-state index in [1.807, 2.05) is 32.1 Å². The number of carbonyl (C=O) groups is 1. The molecular weight excluding hydrogens is 176 g/mol. The summed E-state index contributed by atoms with van der Waals surface area (Å²) >= 11 is 0. The van der Waals surface area contributed by atoms with Crippen molar-refractivity contribution < 1.29 is 9.53 Å². The van der Waals surface area contributed by atoms with Crippen molar-refractivity contribution in [1.82, 2.24) is 0 Å². The molecule has 0 rings (SSSR count). The number of carbonyl (C=O) groups excluding carboxylic acids is 1. The number of allylic oxidation sites excluding steroid dienone is 6. The molecule has 14 heavy (non-hydrogen) atoms. The lowest BCUT2D eigenvalue weighted by Gasteiger charge is -2.04. The third-order valence-electron chi connectivity index (χ3n) is 1.42. The second-order valence-electron chi connectivity index (χ2n) is 2.62. The second-order valence-corrected chi connectivity index (χ2v) is 2.62. The van der Waals surface area contributed by atoms with Gasteiger partial charge in [0.15, 0.2) is 0 Å². The van der Waals surface area contributed by atoms with Crippen LogP contribution in [0.3, 0.4) is 0 Å². The Morgan fingerprint density at radius 2 is 1.79 bits per heavy atom. The topological polar surface area (TPSA) is 26.3 Å². The molecule has 2 nitrogen and oxygen atoms in total. The highest BCUT2D eigenvalue weighted by Gasteiger charge is 2.01. The summed E-state index contributed by atoms with van der Waals surface area (Å²) in [6.45, 7) is 8.79. The highest BCUT2D eigenvalue weighted by Crippen LogP contribution is 2.11. The Hall–Kier alpha value is -1.57. The van der Waals surface area contributed by atoms with Crippen LogP contribution in [0.2, 0.25) is 0 Å². The first-order chi connectivity index (χ1) is 6.65. The zero-order chi connectivity index (χ0) is 11.0. The van der Waals surface area contributed by atoms with Crippen LogP contribution in [-0.2, 0) is 9.53 Å². The van der Waals surface area contributed by atoms with E-state index in [0.29, 0.717) is 5.76 Å². The van der Waals surface area contributed by atoms with Gasteiger partial charge in [0.1, 0.15) is 5.76 Å². The molecule has 0 unspecified atom stereocenters. The number of rotatable bonds is 4. The average Bonchev–Trinajstić information content (AvgIpc) is 2.13. The van der Waals surface area contributed by atoms with Gasteiger partial charge in [-0.3, -0.25) is 4.79 Å². The molecule has 0 N–H and O–H groups in total. The van der Waals surface area contributed by atoms with Crippen molar-refractivity contribution in [3.05, 3.63) is 48.3 Å². The van der Waals surface area contributed by atoms with Crippen LogP contribution < -0.4 is 0 Å². The molecule has 0 aromatic heterocycles. The molecule has 0 aromatic rings. The highest BCUT2D eigenvalue weighted by molar-refractivity contribution is 5.68. The summed E-state index contributed by atoms with van der Waals surface area (Å²) in [4.78, 5) is 10.8. The van der Waals surface area contributed by atoms with Gasteiger partial charge in [-0.2, -0.15) is 0 Å². The Labute approximate surface area is 85.3 Å². The summed E-state index contributed by atoms with van der Waals surface area (Å²) in [6, 6.07) is 0. The van der Waals surface area contributed by atoms with Gasteiger partial charge in [0.25, 0.3) is 0 Å². The van der Waals surface area contributed by atoms with Crippen LogP contribution in [0.25, 0.3) is 0 Å². The Kier molecular flexibility index (Phi) is 6.12. The van der Waals surface area contributed by atoms with E-state index in [1.54, 1.807) is 12.2 Å². The van der Waals surface area contributed by atoms with Crippen LogP contribution in [0.15, 0.2) is 48.3 Å². The van der Waals surface area contributed by atoms with E-state index in [0.717, 1.165) is 5.57 Å². The largest absolute Gasteiger partial charge is 0.426 e. The summed E-state index contributed by atoms with van der Waals surface area (Å²) in [7, 11) is 0.